The number of rotatable bonds is 4. The SMILES string of the molecule is CC[C@@H](C)CC1CCC(C(=O)O)CC1. The third-order valence-electron chi connectivity index (χ3n) is 3.63. The standard InChI is InChI=1S/C12H22O2/c1-3-9(2)8-10-4-6-11(7-5-10)12(13)14/h9-11H,3-8H2,1-2H3,(H,13,14)/t9-,10?,11?/m1/s1. The van der Waals surface area contributed by atoms with Crippen LogP contribution in [0.5, 0.6) is 0 Å². The number of carboxylic acids is 1. The Hall–Kier alpha value is -0.530. The molecular weight excluding hydrogens is 176 g/mol. The molecule has 1 aliphatic rings. The van der Waals surface area contributed by atoms with Gasteiger partial charge in [0.2, 0.25) is 0 Å². The van der Waals surface area contributed by atoms with E-state index in [0.717, 1.165) is 37.5 Å². The van der Waals surface area contributed by atoms with Crippen molar-refractivity contribution in [1.29, 1.82) is 0 Å². The molecule has 1 aliphatic carbocycles. The van der Waals surface area contributed by atoms with Crippen LogP contribution in [0.3, 0.4) is 0 Å². The lowest BCUT2D eigenvalue weighted by molar-refractivity contribution is -0.143. The van der Waals surface area contributed by atoms with E-state index in [1.54, 1.807) is 0 Å². The predicted molar refractivity (Wildman–Crippen MR) is 57.2 cm³/mol. The van der Waals surface area contributed by atoms with Gasteiger partial charge in [0, 0.05) is 0 Å². The second-order valence-corrected chi connectivity index (χ2v) is 4.81. The van der Waals surface area contributed by atoms with Crippen molar-refractivity contribution in [3.05, 3.63) is 0 Å². The summed E-state index contributed by atoms with van der Waals surface area (Å²) < 4.78 is 0. The Balaban J connectivity index is 2.25. The minimum atomic E-state index is -0.591. The van der Waals surface area contributed by atoms with Gasteiger partial charge in [-0.25, -0.2) is 0 Å². The van der Waals surface area contributed by atoms with Crippen molar-refractivity contribution in [2.24, 2.45) is 17.8 Å². The first-order valence-corrected chi connectivity index (χ1v) is 5.86. The maximum absolute atomic E-state index is 10.7. The zero-order valence-corrected chi connectivity index (χ0v) is 9.33. The zero-order chi connectivity index (χ0) is 10.6. The van der Waals surface area contributed by atoms with Crippen molar-refractivity contribution < 1.29 is 9.90 Å². The molecule has 0 aromatic carbocycles. The van der Waals surface area contributed by atoms with Gasteiger partial charge in [-0.3, -0.25) is 4.79 Å². The second kappa shape index (κ2) is 5.38. The van der Waals surface area contributed by atoms with Gasteiger partial charge in [0.15, 0.2) is 0 Å². The van der Waals surface area contributed by atoms with Crippen LogP contribution in [-0.2, 0) is 4.79 Å². The Labute approximate surface area is 86.7 Å². The molecule has 1 rings (SSSR count). The minimum absolute atomic E-state index is 0.0526. The van der Waals surface area contributed by atoms with Crippen LogP contribution in [0.1, 0.15) is 52.4 Å². The van der Waals surface area contributed by atoms with E-state index in [1.807, 2.05) is 0 Å². The van der Waals surface area contributed by atoms with Crippen molar-refractivity contribution in [2.75, 3.05) is 0 Å². The predicted octanol–water partition coefficient (Wildman–Crippen LogP) is 3.31. The topological polar surface area (TPSA) is 37.3 Å². The fraction of sp³-hybridized carbons (Fsp3) is 0.917. The normalized spacial score (nSPS) is 29.9. The van der Waals surface area contributed by atoms with Crippen LogP contribution in [0.15, 0.2) is 0 Å². The van der Waals surface area contributed by atoms with Crippen LogP contribution >= 0.6 is 0 Å². The minimum Gasteiger partial charge on any atom is -0.481 e. The molecule has 0 aromatic heterocycles. The summed E-state index contributed by atoms with van der Waals surface area (Å²) in [6.07, 6.45) is 6.59. The maximum atomic E-state index is 10.7. The van der Waals surface area contributed by atoms with E-state index in [0.29, 0.717) is 0 Å². The summed E-state index contributed by atoms with van der Waals surface area (Å²) >= 11 is 0. The maximum Gasteiger partial charge on any atom is 0.306 e. The summed E-state index contributed by atoms with van der Waals surface area (Å²) in [5.74, 6) is 0.956. The van der Waals surface area contributed by atoms with Gasteiger partial charge in [0.1, 0.15) is 0 Å². The van der Waals surface area contributed by atoms with E-state index >= 15 is 0 Å². The van der Waals surface area contributed by atoms with Crippen LogP contribution in [0.2, 0.25) is 0 Å². The molecule has 1 saturated carbocycles. The Kier molecular flexibility index (Phi) is 4.43. The fourth-order valence-electron chi connectivity index (χ4n) is 2.38. The van der Waals surface area contributed by atoms with Crippen molar-refractivity contribution in [3.8, 4) is 0 Å². The Morgan fingerprint density at radius 3 is 2.36 bits per heavy atom. The molecule has 0 radical (unpaired) electrons. The van der Waals surface area contributed by atoms with Gasteiger partial charge in [0.05, 0.1) is 5.92 Å². The summed E-state index contributed by atoms with van der Waals surface area (Å²) in [6, 6.07) is 0. The number of hydrogen-bond donors (Lipinski definition) is 1. The summed E-state index contributed by atoms with van der Waals surface area (Å²) in [5.41, 5.74) is 0. The van der Waals surface area contributed by atoms with Crippen LogP contribution in [0, 0.1) is 17.8 Å². The molecule has 82 valence electrons. The Bertz CT molecular complexity index is 181. The van der Waals surface area contributed by atoms with Crippen LogP contribution in [-0.4, -0.2) is 11.1 Å². The van der Waals surface area contributed by atoms with Gasteiger partial charge < -0.3 is 5.11 Å². The molecule has 1 fully saturated rings. The summed E-state index contributed by atoms with van der Waals surface area (Å²) in [7, 11) is 0. The lowest BCUT2D eigenvalue weighted by atomic mass is 9.78. The molecule has 2 heteroatoms. The largest absolute Gasteiger partial charge is 0.481 e. The van der Waals surface area contributed by atoms with Gasteiger partial charge in [-0.2, -0.15) is 0 Å². The first kappa shape index (κ1) is 11.5. The highest BCUT2D eigenvalue weighted by atomic mass is 16.4. The summed E-state index contributed by atoms with van der Waals surface area (Å²) in [5, 5.41) is 8.85. The van der Waals surface area contributed by atoms with Gasteiger partial charge in [0.25, 0.3) is 0 Å². The third kappa shape index (κ3) is 3.32. The molecule has 1 atom stereocenters. The molecule has 14 heavy (non-hydrogen) atoms. The van der Waals surface area contributed by atoms with E-state index in [2.05, 4.69) is 13.8 Å². The molecule has 2 nitrogen and oxygen atoms in total. The van der Waals surface area contributed by atoms with E-state index in [4.69, 9.17) is 5.11 Å². The number of hydrogen-bond acceptors (Lipinski definition) is 1. The smallest absolute Gasteiger partial charge is 0.306 e. The highest BCUT2D eigenvalue weighted by Gasteiger charge is 2.26. The zero-order valence-electron chi connectivity index (χ0n) is 9.33. The van der Waals surface area contributed by atoms with Gasteiger partial charge >= 0.3 is 5.97 Å². The second-order valence-electron chi connectivity index (χ2n) is 4.81. The fourth-order valence-corrected chi connectivity index (χ4v) is 2.38. The number of carboxylic acid groups (broad SMARTS) is 1. The molecule has 0 spiro atoms. The Morgan fingerprint density at radius 1 is 1.36 bits per heavy atom. The molecule has 1 N–H and O–H groups in total. The first-order chi connectivity index (χ1) is 6.63. The molecular formula is C12H22O2. The lowest BCUT2D eigenvalue weighted by Crippen LogP contribution is -2.22. The van der Waals surface area contributed by atoms with Crippen molar-refractivity contribution >= 4 is 5.97 Å². The Morgan fingerprint density at radius 2 is 1.93 bits per heavy atom. The molecule has 0 heterocycles. The summed E-state index contributed by atoms with van der Waals surface area (Å²) in [4.78, 5) is 10.7. The molecule has 0 unspecified atom stereocenters. The van der Waals surface area contributed by atoms with Crippen LogP contribution in [0.25, 0.3) is 0 Å². The van der Waals surface area contributed by atoms with E-state index in [9.17, 15) is 4.79 Å². The van der Waals surface area contributed by atoms with Gasteiger partial charge in [-0.1, -0.05) is 20.3 Å². The highest BCUT2D eigenvalue weighted by Crippen LogP contribution is 2.33. The van der Waals surface area contributed by atoms with Crippen LogP contribution < -0.4 is 0 Å². The van der Waals surface area contributed by atoms with Crippen molar-refractivity contribution in [2.45, 2.75) is 52.4 Å². The highest BCUT2D eigenvalue weighted by molar-refractivity contribution is 5.69. The monoisotopic (exact) mass is 198 g/mol. The average molecular weight is 198 g/mol. The molecule has 0 bridgehead atoms. The third-order valence-corrected chi connectivity index (χ3v) is 3.63. The van der Waals surface area contributed by atoms with E-state index in [1.165, 1.54) is 12.8 Å². The summed E-state index contributed by atoms with van der Waals surface area (Å²) in [6.45, 7) is 4.52. The molecule has 0 amide bonds. The molecule has 0 saturated heterocycles. The molecule has 0 aliphatic heterocycles. The van der Waals surface area contributed by atoms with Gasteiger partial charge in [-0.15, -0.1) is 0 Å². The quantitative estimate of drug-likeness (QED) is 0.752. The molecule has 0 aromatic rings. The first-order valence-electron chi connectivity index (χ1n) is 5.86. The average Bonchev–Trinajstić information content (AvgIpc) is 2.18. The van der Waals surface area contributed by atoms with Crippen molar-refractivity contribution in [1.82, 2.24) is 0 Å². The van der Waals surface area contributed by atoms with Gasteiger partial charge in [-0.05, 0) is 43.9 Å². The number of aliphatic carboxylic acids is 1. The van der Waals surface area contributed by atoms with E-state index in [-0.39, 0.29) is 5.92 Å². The van der Waals surface area contributed by atoms with E-state index < -0.39 is 5.97 Å². The van der Waals surface area contributed by atoms with Crippen molar-refractivity contribution in [3.63, 3.8) is 0 Å². The lowest BCUT2D eigenvalue weighted by Gasteiger charge is -2.27. The van der Waals surface area contributed by atoms with Crippen LogP contribution in [0.4, 0.5) is 0 Å². The number of carbonyl (C=O) groups is 1.